The zero-order valence-corrected chi connectivity index (χ0v) is 12.4. The molecule has 0 aliphatic carbocycles. The predicted octanol–water partition coefficient (Wildman–Crippen LogP) is 1.83. The lowest BCUT2D eigenvalue weighted by Crippen LogP contribution is -2.33. The van der Waals surface area contributed by atoms with Crippen molar-refractivity contribution in [1.29, 1.82) is 0 Å². The van der Waals surface area contributed by atoms with Gasteiger partial charge in [0.25, 0.3) is 0 Å². The molecule has 0 radical (unpaired) electrons. The maximum atomic E-state index is 11.9. The SMILES string of the molecule is COC(CN)CC(=O)N(C)Cc1ccc(Br)s1. The Morgan fingerprint density at radius 1 is 1.65 bits per heavy atom. The third kappa shape index (κ3) is 4.75. The maximum Gasteiger partial charge on any atom is 0.225 e. The minimum Gasteiger partial charge on any atom is -0.380 e. The molecule has 0 bridgehead atoms. The molecule has 1 rings (SSSR count). The second-order valence-electron chi connectivity index (χ2n) is 3.75. The van der Waals surface area contributed by atoms with E-state index in [0.29, 0.717) is 19.5 Å². The molecule has 0 aliphatic rings. The van der Waals surface area contributed by atoms with Gasteiger partial charge in [-0.1, -0.05) is 0 Å². The van der Waals surface area contributed by atoms with Crippen LogP contribution in [0.15, 0.2) is 15.9 Å². The van der Waals surface area contributed by atoms with Crippen molar-refractivity contribution < 1.29 is 9.53 Å². The van der Waals surface area contributed by atoms with Gasteiger partial charge in [0.15, 0.2) is 0 Å². The first-order chi connectivity index (χ1) is 8.06. The number of nitrogens with two attached hydrogens (primary N) is 1. The maximum absolute atomic E-state index is 11.9. The van der Waals surface area contributed by atoms with Crippen LogP contribution in [-0.4, -0.2) is 37.6 Å². The van der Waals surface area contributed by atoms with Crippen molar-refractivity contribution in [2.24, 2.45) is 5.73 Å². The molecule has 0 aromatic carbocycles. The van der Waals surface area contributed by atoms with Gasteiger partial charge >= 0.3 is 0 Å². The van der Waals surface area contributed by atoms with Gasteiger partial charge in [-0.2, -0.15) is 0 Å². The van der Waals surface area contributed by atoms with Gasteiger partial charge in [-0.05, 0) is 28.1 Å². The smallest absolute Gasteiger partial charge is 0.225 e. The number of nitrogens with zero attached hydrogens (tertiary/aromatic N) is 1. The predicted molar refractivity (Wildman–Crippen MR) is 73.0 cm³/mol. The van der Waals surface area contributed by atoms with E-state index in [9.17, 15) is 4.79 Å². The summed E-state index contributed by atoms with van der Waals surface area (Å²) >= 11 is 5.03. The number of thiophene rings is 1. The molecule has 96 valence electrons. The van der Waals surface area contributed by atoms with Gasteiger partial charge in [0.2, 0.25) is 5.91 Å². The monoisotopic (exact) mass is 320 g/mol. The largest absolute Gasteiger partial charge is 0.380 e. The molecule has 0 saturated heterocycles. The Labute approximate surface area is 114 Å². The van der Waals surface area contributed by atoms with Gasteiger partial charge in [-0.25, -0.2) is 0 Å². The van der Waals surface area contributed by atoms with Gasteiger partial charge in [0.1, 0.15) is 0 Å². The van der Waals surface area contributed by atoms with Crippen LogP contribution in [-0.2, 0) is 16.1 Å². The lowest BCUT2D eigenvalue weighted by atomic mass is 10.2. The van der Waals surface area contributed by atoms with Crippen molar-refractivity contribution in [2.75, 3.05) is 20.7 Å². The zero-order valence-electron chi connectivity index (χ0n) is 9.98. The fourth-order valence-corrected chi connectivity index (χ4v) is 2.91. The Morgan fingerprint density at radius 3 is 2.82 bits per heavy atom. The summed E-state index contributed by atoms with van der Waals surface area (Å²) in [6, 6.07) is 3.99. The molecule has 0 fully saturated rings. The lowest BCUT2D eigenvalue weighted by Gasteiger charge is -2.19. The Hall–Kier alpha value is -0.430. The van der Waals surface area contributed by atoms with E-state index in [2.05, 4.69) is 15.9 Å². The Morgan fingerprint density at radius 2 is 2.35 bits per heavy atom. The molecule has 0 aliphatic heterocycles. The highest BCUT2D eigenvalue weighted by molar-refractivity contribution is 9.11. The summed E-state index contributed by atoms with van der Waals surface area (Å²) in [7, 11) is 3.36. The van der Waals surface area contributed by atoms with E-state index in [0.717, 1.165) is 8.66 Å². The summed E-state index contributed by atoms with van der Waals surface area (Å²) in [6.07, 6.45) is 0.135. The summed E-state index contributed by atoms with van der Waals surface area (Å²) in [4.78, 5) is 14.7. The van der Waals surface area contributed by atoms with Crippen molar-refractivity contribution in [3.63, 3.8) is 0 Å². The van der Waals surface area contributed by atoms with E-state index in [-0.39, 0.29) is 12.0 Å². The standard InChI is InChI=1S/C11H17BrN2O2S/c1-14(7-9-3-4-10(12)17-9)11(15)5-8(6-13)16-2/h3-4,8H,5-7,13H2,1-2H3. The number of hydrogen-bond acceptors (Lipinski definition) is 4. The molecule has 0 saturated carbocycles. The zero-order chi connectivity index (χ0) is 12.8. The molecule has 2 N–H and O–H groups in total. The number of carbonyl (C=O) groups is 1. The molecule has 1 aromatic rings. The average Bonchev–Trinajstić information content (AvgIpc) is 2.71. The van der Waals surface area contributed by atoms with Crippen molar-refractivity contribution in [2.45, 2.75) is 19.1 Å². The Kier molecular flexibility index (Phi) is 6.11. The Balaban J connectivity index is 2.46. The summed E-state index contributed by atoms with van der Waals surface area (Å²) in [5.74, 6) is 0.0480. The van der Waals surface area contributed by atoms with Gasteiger partial charge in [0.05, 0.1) is 22.9 Å². The summed E-state index contributed by atoms with van der Waals surface area (Å²) in [5, 5.41) is 0. The van der Waals surface area contributed by atoms with Gasteiger partial charge < -0.3 is 15.4 Å². The molecule has 1 aromatic heterocycles. The van der Waals surface area contributed by atoms with Crippen molar-refractivity contribution >= 4 is 33.2 Å². The number of ether oxygens (including phenoxy) is 1. The van der Waals surface area contributed by atoms with E-state index < -0.39 is 0 Å². The first kappa shape index (κ1) is 14.6. The number of hydrogen-bond donors (Lipinski definition) is 1. The molecule has 1 amide bonds. The normalized spacial score (nSPS) is 12.5. The van der Waals surface area contributed by atoms with E-state index in [1.54, 1.807) is 30.4 Å². The quantitative estimate of drug-likeness (QED) is 0.870. The summed E-state index contributed by atoms with van der Waals surface area (Å²) in [6.45, 7) is 0.983. The van der Waals surface area contributed by atoms with Crippen molar-refractivity contribution in [1.82, 2.24) is 4.90 Å². The molecule has 4 nitrogen and oxygen atoms in total. The molecule has 17 heavy (non-hydrogen) atoms. The van der Waals surface area contributed by atoms with Crippen LogP contribution in [0.5, 0.6) is 0 Å². The minimum absolute atomic E-state index is 0.0480. The third-order valence-corrected chi connectivity index (χ3v) is 4.05. The second kappa shape index (κ2) is 7.10. The minimum atomic E-state index is -0.194. The van der Waals surface area contributed by atoms with Crippen LogP contribution < -0.4 is 5.73 Å². The topological polar surface area (TPSA) is 55.6 Å². The van der Waals surface area contributed by atoms with E-state index in [1.165, 1.54) is 0 Å². The number of halogens is 1. The number of carbonyl (C=O) groups excluding carboxylic acids is 1. The number of methoxy groups -OCH3 is 1. The van der Waals surface area contributed by atoms with E-state index >= 15 is 0 Å². The van der Waals surface area contributed by atoms with Crippen LogP contribution in [0, 0.1) is 0 Å². The first-order valence-electron chi connectivity index (χ1n) is 5.27. The van der Waals surface area contributed by atoms with Gasteiger partial charge in [-0.3, -0.25) is 4.79 Å². The third-order valence-electron chi connectivity index (χ3n) is 2.45. The lowest BCUT2D eigenvalue weighted by molar-refractivity contribution is -0.132. The molecule has 1 unspecified atom stereocenters. The highest BCUT2D eigenvalue weighted by atomic mass is 79.9. The highest BCUT2D eigenvalue weighted by Crippen LogP contribution is 2.23. The average molecular weight is 321 g/mol. The van der Waals surface area contributed by atoms with E-state index in [4.69, 9.17) is 10.5 Å². The highest BCUT2D eigenvalue weighted by Gasteiger charge is 2.15. The van der Waals surface area contributed by atoms with Crippen LogP contribution in [0.3, 0.4) is 0 Å². The van der Waals surface area contributed by atoms with Crippen LogP contribution in [0.2, 0.25) is 0 Å². The molecular weight excluding hydrogens is 304 g/mol. The number of amides is 1. The number of rotatable bonds is 6. The molecule has 1 atom stereocenters. The van der Waals surface area contributed by atoms with Crippen LogP contribution in [0.1, 0.15) is 11.3 Å². The van der Waals surface area contributed by atoms with Crippen molar-refractivity contribution in [3.8, 4) is 0 Å². The Bertz CT molecular complexity index is 366. The fourth-order valence-electron chi connectivity index (χ4n) is 1.37. The summed E-state index contributed by atoms with van der Waals surface area (Å²) in [5.41, 5.74) is 5.49. The fraction of sp³-hybridized carbons (Fsp3) is 0.545. The second-order valence-corrected chi connectivity index (χ2v) is 6.30. The summed E-state index contributed by atoms with van der Waals surface area (Å²) < 4.78 is 6.17. The molecule has 6 heteroatoms. The molecule has 1 heterocycles. The van der Waals surface area contributed by atoms with Crippen LogP contribution in [0.25, 0.3) is 0 Å². The molecular formula is C11H17BrN2O2S. The first-order valence-corrected chi connectivity index (χ1v) is 6.88. The van der Waals surface area contributed by atoms with Crippen LogP contribution in [0.4, 0.5) is 0 Å². The van der Waals surface area contributed by atoms with Gasteiger partial charge in [0, 0.05) is 25.6 Å². The van der Waals surface area contributed by atoms with E-state index in [1.807, 2.05) is 12.1 Å². The van der Waals surface area contributed by atoms with Crippen molar-refractivity contribution in [3.05, 3.63) is 20.8 Å². The van der Waals surface area contributed by atoms with Gasteiger partial charge in [-0.15, -0.1) is 11.3 Å². The molecule has 0 spiro atoms. The van der Waals surface area contributed by atoms with Crippen LogP contribution >= 0.6 is 27.3 Å².